The molecule has 2 aliphatic heterocycles. The number of ether oxygens (including phenoxy) is 3. The summed E-state index contributed by atoms with van der Waals surface area (Å²) in [6.45, 7) is 5.09. The highest BCUT2D eigenvalue weighted by Crippen LogP contribution is 2.49. The van der Waals surface area contributed by atoms with Crippen LogP contribution in [0.25, 0.3) is 0 Å². The highest BCUT2D eigenvalue weighted by Gasteiger charge is 2.47. The van der Waals surface area contributed by atoms with Gasteiger partial charge in [0.1, 0.15) is 5.75 Å². The van der Waals surface area contributed by atoms with Gasteiger partial charge in [-0.15, -0.1) is 0 Å². The molecule has 202 valence electrons. The molecule has 2 heterocycles. The number of benzene rings is 3. The van der Waals surface area contributed by atoms with E-state index < -0.39 is 22.8 Å². The maximum absolute atomic E-state index is 14.1. The number of nitro groups is 1. The molecule has 0 unspecified atom stereocenters. The van der Waals surface area contributed by atoms with Crippen molar-refractivity contribution in [2.45, 2.75) is 32.2 Å². The Hall–Kier alpha value is -4.60. The van der Waals surface area contributed by atoms with Gasteiger partial charge in [-0.3, -0.25) is 19.7 Å². The van der Waals surface area contributed by atoms with Gasteiger partial charge in [0.2, 0.25) is 5.91 Å². The molecule has 2 amide bonds. The van der Waals surface area contributed by atoms with E-state index >= 15 is 0 Å². The molecule has 2 aliphatic rings. The van der Waals surface area contributed by atoms with Gasteiger partial charge in [-0.2, -0.15) is 0 Å². The van der Waals surface area contributed by atoms with Crippen LogP contribution in [0.3, 0.4) is 0 Å². The van der Waals surface area contributed by atoms with E-state index in [9.17, 15) is 19.7 Å². The molecule has 0 radical (unpaired) electrons. The van der Waals surface area contributed by atoms with Crippen molar-refractivity contribution >= 4 is 23.2 Å². The van der Waals surface area contributed by atoms with Crippen LogP contribution in [0.1, 0.15) is 52.9 Å². The number of rotatable bonds is 8. The van der Waals surface area contributed by atoms with Crippen LogP contribution in [0.15, 0.2) is 54.6 Å². The number of amides is 2. The van der Waals surface area contributed by atoms with Crippen LogP contribution in [0, 0.1) is 10.1 Å². The first-order chi connectivity index (χ1) is 18.9. The lowest BCUT2D eigenvalue weighted by molar-refractivity contribution is -0.384. The normalized spacial score (nSPS) is 17.4. The average Bonchev–Trinajstić information content (AvgIpc) is 2.93. The minimum Gasteiger partial charge on any atom is -0.495 e. The number of hydrogen-bond donors (Lipinski definition) is 1. The number of nitrogens with one attached hydrogen (secondary N) is 1. The Morgan fingerprint density at radius 2 is 1.74 bits per heavy atom. The third-order valence-corrected chi connectivity index (χ3v) is 7.12. The predicted molar refractivity (Wildman–Crippen MR) is 144 cm³/mol. The lowest BCUT2D eigenvalue weighted by atomic mass is 9.75. The van der Waals surface area contributed by atoms with Crippen LogP contribution >= 0.6 is 0 Å². The summed E-state index contributed by atoms with van der Waals surface area (Å²) in [6.07, 6.45) is 0.596. The van der Waals surface area contributed by atoms with E-state index in [1.54, 1.807) is 29.2 Å². The Morgan fingerprint density at radius 3 is 2.44 bits per heavy atom. The maximum atomic E-state index is 14.1. The Bertz CT molecular complexity index is 1450. The molecule has 3 aromatic rings. The predicted octanol–water partition coefficient (Wildman–Crippen LogP) is 4.88. The second-order valence-corrected chi connectivity index (χ2v) is 9.25. The third-order valence-electron chi connectivity index (χ3n) is 7.12. The van der Waals surface area contributed by atoms with Gasteiger partial charge in [-0.1, -0.05) is 18.2 Å². The van der Waals surface area contributed by atoms with Crippen molar-refractivity contribution in [2.24, 2.45) is 0 Å². The number of carbonyl (C=O) groups is 2. The molecule has 10 heteroatoms. The topological polar surface area (TPSA) is 120 Å². The van der Waals surface area contributed by atoms with Gasteiger partial charge in [0.05, 0.1) is 42.9 Å². The smallest absolute Gasteiger partial charge is 0.271 e. The van der Waals surface area contributed by atoms with Crippen molar-refractivity contribution in [3.8, 4) is 17.2 Å². The minimum atomic E-state index is -0.797. The molecule has 5 rings (SSSR count). The summed E-state index contributed by atoms with van der Waals surface area (Å²) < 4.78 is 17.1. The standard InChI is InChI=1S/C29H29N3O7/c1-4-38-24-14-17-12-13-31-27(21(17)16-25(24)39-5-2)26(19-8-6-7-9-20(19)29(31)34)28(33)30-22-15-18(32(35)36)10-11-23(22)37-3/h6-11,14-16,26-27H,4-5,12-13H2,1-3H3,(H,30,33)/t26-,27-/m0/s1. The van der Waals surface area contributed by atoms with Crippen LogP contribution in [-0.4, -0.2) is 48.5 Å². The Labute approximate surface area is 225 Å². The molecule has 0 saturated heterocycles. The highest BCUT2D eigenvalue weighted by atomic mass is 16.6. The first-order valence-electron chi connectivity index (χ1n) is 12.8. The van der Waals surface area contributed by atoms with Gasteiger partial charge >= 0.3 is 0 Å². The molecule has 0 aliphatic carbocycles. The number of fused-ring (bicyclic) bond motifs is 4. The van der Waals surface area contributed by atoms with Gasteiger partial charge in [0, 0.05) is 24.2 Å². The molecular weight excluding hydrogens is 502 g/mol. The largest absolute Gasteiger partial charge is 0.495 e. The Morgan fingerprint density at radius 1 is 1.03 bits per heavy atom. The van der Waals surface area contributed by atoms with Gasteiger partial charge < -0.3 is 24.4 Å². The zero-order chi connectivity index (χ0) is 27.7. The van der Waals surface area contributed by atoms with Crippen molar-refractivity contribution in [1.82, 2.24) is 4.90 Å². The molecule has 0 bridgehead atoms. The summed E-state index contributed by atoms with van der Waals surface area (Å²) in [7, 11) is 1.43. The van der Waals surface area contributed by atoms with E-state index in [1.807, 2.05) is 26.0 Å². The molecule has 39 heavy (non-hydrogen) atoms. The van der Waals surface area contributed by atoms with Crippen LogP contribution in [0.2, 0.25) is 0 Å². The Balaban J connectivity index is 1.64. The molecule has 2 atom stereocenters. The van der Waals surface area contributed by atoms with Crippen molar-refractivity contribution in [3.05, 3.63) is 87.0 Å². The molecule has 10 nitrogen and oxygen atoms in total. The monoisotopic (exact) mass is 531 g/mol. The fraction of sp³-hybridized carbons (Fsp3) is 0.310. The molecular formula is C29H29N3O7. The van der Waals surface area contributed by atoms with Crippen molar-refractivity contribution in [1.29, 1.82) is 0 Å². The first kappa shape index (κ1) is 26.0. The van der Waals surface area contributed by atoms with Gasteiger partial charge in [0.25, 0.3) is 11.6 Å². The van der Waals surface area contributed by atoms with Gasteiger partial charge in [-0.05, 0) is 61.2 Å². The van der Waals surface area contributed by atoms with E-state index in [1.165, 1.54) is 25.3 Å². The summed E-state index contributed by atoms with van der Waals surface area (Å²) in [5.74, 6) is 0.0973. The van der Waals surface area contributed by atoms with Gasteiger partial charge in [-0.25, -0.2) is 0 Å². The fourth-order valence-corrected chi connectivity index (χ4v) is 5.47. The van der Waals surface area contributed by atoms with E-state index in [0.717, 1.165) is 11.1 Å². The number of nitro benzene ring substituents is 1. The summed E-state index contributed by atoms with van der Waals surface area (Å²) >= 11 is 0. The summed E-state index contributed by atoms with van der Waals surface area (Å²) in [5.41, 5.74) is 2.82. The van der Waals surface area contributed by atoms with Gasteiger partial charge in [0.15, 0.2) is 11.5 Å². The number of hydrogen-bond acceptors (Lipinski definition) is 7. The first-order valence-corrected chi connectivity index (χ1v) is 12.8. The van der Waals surface area contributed by atoms with E-state index in [2.05, 4.69) is 5.32 Å². The summed E-state index contributed by atoms with van der Waals surface area (Å²) in [6, 6.07) is 14.3. The quantitative estimate of drug-likeness (QED) is 0.325. The van der Waals surface area contributed by atoms with Crippen LogP contribution in [0.5, 0.6) is 17.2 Å². The Kier molecular flexibility index (Phi) is 7.10. The summed E-state index contributed by atoms with van der Waals surface area (Å²) in [5, 5.41) is 14.3. The fourth-order valence-electron chi connectivity index (χ4n) is 5.47. The number of carbonyl (C=O) groups excluding carboxylic acids is 2. The van der Waals surface area contributed by atoms with Crippen molar-refractivity contribution in [3.63, 3.8) is 0 Å². The zero-order valence-corrected chi connectivity index (χ0v) is 21.9. The second-order valence-electron chi connectivity index (χ2n) is 9.25. The van der Waals surface area contributed by atoms with Crippen molar-refractivity contribution in [2.75, 3.05) is 32.2 Å². The average molecular weight is 532 g/mol. The van der Waals surface area contributed by atoms with E-state index in [-0.39, 0.29) is 23.0 Å². The lowest BCUT2D eigenvalue weighted by Gasteiger charge is -2.45. The third kappa shape index (κ3) is 4.62. The summed E-state index contributed by atoms with van der Waals surface area (Å²) in [4.78, 5) is 40.3. The number of methoxy groups -OCH3 is 1. The zero-order valence-electron chi connectivity index (χ0n) is 21.9. The van der Waals surface area contributed by atoms with Crippen LogP contribution in [-0.2, 0) is 11.2 Å². The molecule has 3 aromatic carbocycles. The van der Waals surface area contributed by atoms with Crippen molar-refractivity contribution < 1.29 is 28.7 Å². The second kappa shape index (κ2) is 10.6. The van der Waals surface area contributed by atoms with E-state index in [0.29, 0.717) is 48.8 Å². The molecule has 0 aromatic heterocycles. The number of non-ortho nitro benzene ring substituents is 1. The molecule has 0 saturated carbocycles. The number of anilines is 1. The molecule has 0 fully saturated rings. The SMILES string of the molecule is CCOc1cc2c(cc1OCC)[C@H]1[C@@H](C(=O)Nc3cc([N+](=O)[O-])ccc3OC)c3ccccc3C(=O)N1CC2. The highest BCUT2D eigenvalue weighted by molar-refractivity contribution is 6.05. The maximum Gasteiger partial charge on any atom is 0.271 e. The minimum absolute atomic E-state index is 0.148. The molecule has 0 spiro atoms. The van der Waals surface area contributed by atoms with Crippen LogP contribution < -0.4 is 19.5 Å². The lowest BCUT2D eigenvalue weighted by Crippen LogP contribution is -2.49. The number of nitrogens with zero attached hydrogens (tertiary/aromatic N) is 2. The van der Waals surface area contributed by atoms with E-state index in [4.69, 9.17) is 14.2 Å². The van der Waals surface area contributed by atoms with Crippen LogP contribution in [0.4, 0.5) is 11.4 Å². The molecule has 1 N–H and O–H groups in total.